The molecular weight excluding hydrogens is 256 g/mol. The summed E-state index contributed by atoms with van der Waals surface area (Å²) in [7, 11) is 1.34. The molecular formula is C14H20N4O2. The van der Waals surface area contributed by atoms with Gasteiger partial charge < -0.3 is 9.64 Å². The number of hydrogen-bond acceptors (Lipinski definition) is 6. The van der Waals surface area contributed by atoms with Crippen molar-refractivity contribution in [1.82, 2.24) is 14.9 Å². The van der Waals surface area contributed by atoms with E-state index in [1.807, 2.05) is 6.07 Å². The van der Waals surface area contributed by atoms with Crippen LogP contribution in [0.25, 0.3) is 0 Å². The molecule has 1 saturated heterocycles. The van der Waals surface area contributed by atoms with Crippen LogP contribution in [0.1, 0.15) is 30.4 Å². The Labute approximate surface area is 118 Å². The lowest BCUT2D eigenvalue weighted by Crippen LogP contribution is -2.50. The Morgan fingerprint density at radius 2 is 2.00 bits per heavy atom. The predicted molar refractivity (Wildman–Crippen MR) is 74.8 cm³/mol. The molecule has 0 radical (unpaired) electrons. The van der Waals surface area contributed by atoms with Gasteiger partial charge in [-0.1, -0.05) is 0 Å². The third-order valence-corrected chi connectivity index (χ3v) is 4.35. The van der Waals surface area contributed by atoms with E-state index in [1.165, 1.54) is 20.0 Å². The second-order valence-electron chi connectivity index (χ2n) is 5.70. The molecule has 1 aromatic rings. The maximum Gasteiger partial charge on any atom is 0.376 e. The smallest absolute Gasteiger partial charge is 0.376 e. The van der Waals surface area contributed by atoms with Gasteiger partial charge in [-0.25, -0.2) is 14.8 Å². The highest BCUT2D eigenvalue weighted by molar-refractivity contribution is 5.85. The normalized spacial score (nSPS) is 21.6. The molecule has 6 nitrogen and oxygen atoms in total. The Hall–Kier alpha value is -1.69. The third kappa shape index (κ3) is 2.47. The summed E-state index contributed by atoms with van der Waals surface area (Å²) in [4.78, 5) is 24.5. The van der Waals surface area contributed by atoms with Crippen LogP contribution < -0.4 is 4.90 Å². The van der Waals surface area contributed by atoms with Gasteiger partial charge in [0.1, 0.15) is 5.82 Å². The highest BCUT2D eigenvalue weighted by atomic mass is 16.5. The first-order chi connectivity index (χ1) is 9.62. The summed E-state index contributed by atoms with van der Waals surface area (Å²) in [5.41, 5.74) is 0.439. The Kier molecular flexibility index (Phi) is 3.33. The first-order valence-corrected chi connectivity index (χ1v) is 7.04. The fourth-order valence-corrected chi connectivity index (χ4v) is 2.69. The van der Waals surface area contributed by atoms with E-state index in [1.54, 1.807) is 6.20 Å². The number of anilines is 1. The molecule has 1 saturated carbocycles. The number of esters is 1. The lowest BCUT2D eigenvalue weighted by Gasteiger charge is -2.38. The minimum Gasteiger partial charge on any atom is -0.463 e. The molecule has 6 heteroatoms. The molecule has 0 amide bonds. The van der Waals surface area contributed by atoms with E-state index >= 15 is 0 Å². The number of aromatic nitrogens is 2. The van der Waals surface area contributed by atoms with Crippen LogP contribution in [-0.4, -0.2) is 59.7 Å². The molecule has 2 aliphatic rings. The second-order valence-corrected chi connectivity index (χ2v) is 5.70. The fraction of sp³-hybridized carbons (Fsp3) is 0.643. The minimum atomic E-state index is -0.490. The highest BCUT2D eigenvalue weighted by Crippen LogP contribution is 2.41. The molecule has 2 heterocycles. The van der Waals surface area contributed by atoms with Gasteiger partial charge in [-0.05, 0) is 25.8 Å². The largest absolute Gasteiger partial charge is 0.463 e. The Morgan fingerprint density at radius 3 is 2.60 bits per heavy atom. The molecule has 0 spiro atoms. The molecule has 0 bridgehead atoms. The van der Waals surface area contributed by atoms with Gasteiger partial charge in [-0.15, -0.1) is 0 Å². The van der Waals surface area contributed by atoms with Crippen LogP contribution >= 0.6 is 0 Å². The lowest BCUT2D eigenvalue weighted by molar-refractivity contribution is 0.0586. The van der Waals surface area contributed by atoms with Gasteiger partial charge in [0.05, 0.1) is 7.11 Å². The molecule has 2 fully saturated rings. The van der Waals surface area contributed by atoms with Crippen LogP contribution in [0.15, 0.2) is 12.3 Å². The molecule has 3 rings (SSSR count). The second kappa shape index (κ2) is 5.01. The Morgan fingerprint density at radius 1 is 1.30 bits per heavy atom. The predicted octanol–water partition coefficient (Wildman–Crippen LogP) is 0.938. The molecule has 0 atom stereocenters. The zero-order valence-corrected chi connectivity index (χ0v) is 12.0. The van der Waals surface area contributed by atoms with Crippen molar-refractivity contribution in [2.75, 3.05) is 38.2 Å². The zero-order valence-electron chi connectivity index (χ0n) is 12.0. The van der Waals surface area contributed by atoms with Crippen molar-refractivity contribution < 1.29 is 9.53 Å². The number of rotatable bonds is 3. The van der Waals surface area contributed by atoms with Crippen molar-refractivity contribution in [3.05, 3.63) is 18.1 Å². The van der Waals surface area contributed by atoms with Crippen molar-refractivity contribution in [2.24, 2.45) is 0 Å². The maximum atomic E-state index is 11.5. The van der Waals surface area contributed by atoms with Gasteiger partial charge in [0.2, 0.25) is 5.82 Å². The third-order valence-electron chi connectivity index (χ3n) is 4.35. The molecule has 1 aliphatic carbocycles. The van der Waals surface area contributed by atoms with Crippen LogP contribution in [-0.2, 0) is 4.74 Å². The number of nitrogens with zero attached hydrogens (tertiary/aromatic N) is 4. The van der Waals surface area contributed by atoms with Crippen molar-refractivity contribution in [1.29, 1.82) is 0 Å². The van der Waals surface area contributed by atoms with Gasteiger partial charge in [-0.2, -0.15) is 0 Å². The monoisotopic (exact) mass is 276 g/mol. The topological polar surface area (TPSA) is 58.6 Å². The summed E-state index contributed by atoms with van der Waals surface area (Å²) in [5.74, 6) is 0.443. The molecule has 20 heavy (non-hydrogen) atoms. The van der Waals surface area contributed by atoms with Crippen LogP contribution in [0.2, 0.25) is 0 Å². The van der Waals surface area contributed by atoms with Crippen molar-refractivity contribution >= 4 is 11.8 Å². The highest BCUT2D eigenvalue weighted by Gasteiger charge is 2.43. The van der Waals surface area contributed by atoms with Gasteiger partial charge in [0, 0.05) is 37.9 Å². The number of carbonyl (C=O) groups is 1. The SMILES string of the molecule is COC(=O)c1nccc(N2CCN(C3(C)CC3)CC2)n1. The number of carbonyl (C=O) groups excluding carboxylic acids is 1. The van der Waals surface area contributed by atoms with E-state index in [0.717, 1.165) is 32.0 Å². The molecule has 0 N–H and O–H groups in total. The van der Waals surface area contributed by atoms with E-state index in [2.05, 4.69) is 31.4 Å². The van der Waals surface area contributed by atoms with Crippen LogP contribution in [0.4, 0.5) is 5.82 Å². The molecule has 0 unspecified atom stereocenters. The van der Waals surface area contributed by atoms with E-state index in [4.69, 9.17) is 0 Å². The van der Waals surface area contributed by atoms with Crippen molar-refractivity contribution in [3.63, 3.8) is 0 Å². The Bertz CT molecular complexity index is 508. The summed E-state index contributed by atoms with van der Waals surface area (Å²) < 4.78 is 4.66. The Balaban J connectivity index is 1.67. The van der Waals surface area contributed by atoms with Crippen molar-refractivity contribution in [2.45, 2.75) is 25.3 Å². The average Bonchev–Trinajstić information content (AvgIpc) is 3.26. The van der Waals surface area contributed by atoms with E-state index < -0.39 is 5.97 Å². The lowest BCUT2D eigenvalue weighted by atomic mass is 10.2. The molecule has 1 aromatic heterocycles. The van der Waals surface area contributed by atoms with Gasteiger partial charge >= 0.3 is 5.97 Å². The van der Waals surface area contributed by atoms with E-state index in [0.29, 0.717) is 5.54 Å². The average molecular weight is 276 g/mol. The van der Waals surface area contributed by atoms with Crippen LogP contribution in [0.3, 0.4) is 0 Å². The minimum absolute atomic E-state index is 0.126. The number of ether oxygens (including phenoxy) is 1. The number of piperazine rings is 1. The summed E-state index contributed by atoms with van der Waals surface area (Å²) in [6.07, 6.45) is 4.24. The van der Waals surface area contributed by atoms with Crippen molar-refractivity contribution in [3.8, 4) is 0 Å². The number of hydrogen-bond donors (Lipinski definition) is 0. The molecule has 0 aromatic carbocycles. The number of methoxy groups -OCH3 is 1. The van der Waals surface area contributed by atoms with Crippen LogP contribution in [0, 0.1) is 0 Å². The van der Waals surface area contributed by atoms with Gasteiger partial charge in [0.25, 0.3) is 0 Å². The quantitative estimate of drug-likeness (QED) is 0.766. The fourth-order valence-electron chi connectivity index (χ4n) is 2.69. The maximum absolute atomic E-state index is 11.5. The standard InChI is InChI=1S/C14H20N4O2/c1-14(4-5-14)18-9-7-17(8-10-18)11-3-6-15-12(16-11)13(19)20-2/h3,6H,4-5,7-10H2,1-2H3. The first-order valence-electron chi connectivity index (χ1n) is 7.04. The van der Waals surface area contributed by atoms with Gasteiger partial charge in [-0.3, -0.25) is 4.90 Å². The summed E-state index contributed by atoms with van der Waals surface area (Å²) >= 11 is 0. The zero-order chi connectivity index (χ0) is 14.2. The summed E-state index contributed by atoms with van der Waals surface area (Å²) in [6, 6.07) is 1.85. The van der Waals surface area contributed by atoms with E-state index in [-0.39, 0.29) is 5.82 Å². The van der Waals surface area contributed by atoms with Gasteiger partial charge in [0.15, 0.2) is 0 Å². The molecule has 1 aliphatic heterocycles. The summed E-state index contributed by atoms with van der Waals surface area (Å²) in [5, 5.41) is 0. The van der Waals surface area contributed by atoms with Crippen LogP contribution in [0.5, 0.6) is 0 Å². The summed E-state index contributed by atoms with van der Waals surface area (Å²) in [6.45, 7) is 6.31. The molecule has 108 valence electrons. The first kappa shape index (κ1) is 13.3. The van der Waals surface area contributed by atoms with E-state index in [9.17, 15) is 4.79 Å².